The Morgan fingerprint density at radius 2 is 1.23 bits per heavy atom. The van der Waals surface area contributed by atoms with Gasteiger partial charge in [0, 0.05) is 31.9 Å². The monoisotopic (exact) mass is 540 g/mol. The predicted molar refractivity (Wildman–Crippen MR) is 161 cm³/mol. The Bertz CT molecular complexity index is 1330. The van der Waals surface area contributed by atoms with Crippen LogP contribution in [0.5, 0.6) is 0 Å². The predicted octanol–water partition coefficient (Wildman–Crippen LogP) is 7.25. The summed E-state index contributed by atoms with van der Waals surface area (Å²) in [6.45, 7) is 6.68. The second kappa shape index (κ2) is 12.4. The number of rotatable bonds is 8. The summed E-state index contributed by atoms with van der Waals surface area (Å²) in [7, 11) is 0. The third kappa shape index (κ3) is 6.35. The van der Waals surface area contributed by atoms with Crippen molar-refractivity contribution in [1.82, 2.24) is 9.47 Å². The largest absolute Gasteiger partial charge is 0.418 e. The molecule has 2 aromatic carbocycles. The fourth-order valence-electron chi connectivity index (χ4n) is 7.10. The van der Waals surface area contributed by atoms with Crippen LogP contribution in [0.3, 0.4) is 0 Å². The van der Waals surface area contributed by atoms with E-state index in [1.165, 1.54) is 79.9 Å². The first kappa shape index (κ1) is 28.2. The lowest BCUT2D eigenvalue weighted by Gasteiger charge is -2.32. The lowest BCUT2D eigenvalue weighted by atomic mass is 9.76. The minimum absolute atomic E-state index is 0.182. The molecule has 2 saturated carbocycles. The van der Waals surface area contributed by atoms with Crippen molar-refractivity contribution in [2.75, 3.05) is 13.1 Å². The molecule has 2 fully saturated rings. The molecule has 3 aromatic rings. The summed E-state index contributed by atoms with van der Waals surface area (Å²) in [4.78, 5) is 25.2. The summed E-state index contributed by atoms with van der Waals surface area (Å²) in [5.74, 6) is -0.0656. The number of oxazole rings is 1. The first-order valence-electron chi connectivity index (χ1n) is 15.1. The van der Waals surface area contributed by atoms with Gasteiger partial charge in [-0.15, -0.1) is 0 Å². The molecule has 0 saturated heterocycles. The molecule has 1 aliphatic heterocycles. The van der Waals surface area contributed by atoms with Gasteiger partial charge in [0.2, 0.25) is 5.91 Å². The maximum absolute atomic E-state index is 11.7. The lowest BCUT2D eigenvalue weighted by Crippen LogP contribution is -2.33. The Morgan fingerprint density at radius 1 is 0.725 bits per heavy atom. The number of carbonyl (C=O) groups is 1. The molecule has 2 heterocycles. The van der Waals surface area contributed by atoms with Gasteiger partial charge in [-0.3, -0.25) is 9.36 Å². The minimum Gasteiger partial charge on any atom is -0.416 e. The van der Waals surface area contributed by atoms with Crippen LogP contribution in [0.1, 0.15) is 86.5 Å². The molecule has 0 spiro atoms. The fourth-order valence-corrected chi connectivity index (χ4v) is 7.10. The fraction of sp³-hybridized carbons (Fsp3) is 0.486. The molecule has 0 radical (unpaired) electrons. The molecular weight excluding hydrogens is 496 g/mol. The molecule has 40 heavy (non-hydrogen) atoms. The van der Waals surface area contributed by atoms with E-state index in [0.29, 0.717) is 5.41 Å². The highest BCUT2D eigenvalue weighted by Gasteiger charge is 2.36. The molecule has 0 unspecified atom stereocenters. The molecule has 5 heteroatoms. The van der Waals surface area contributed by atoms with Crippen molar-refractivity contribution >= 4 is 5.91 Å². The normalized spacial score (nSPS) is 19.1. The molecular formula is C35H44N2O3. The third-order valence-corrected chi connectivity index (χ3v) is 9.68. The molecule has 3 aliphatic rings. The van der Waals surface area contributed by atoms with E-state index >= 15 is 0 Å². The Morgan fingerprint density at radius 3 is 1.65 bits per heavy atom. The van der Waals surface area contributed by atoms with E-state index in [2.05, 4.69) is 62.4 Å². The number of aryl methyl sites for hydroxylation is 3. The molecule has 212 valence electrons. The average molecular weight is 541 g/mol. The number of carbonyl (C=O) groups excluding carboxylic acids is 1. The third-order valence-electron chi connectivity index (χ3n) is 9.68. The summed E-state index contributed by atoms with van der Waals surface area (Å²) in [5, 5.41) is 0. The molecule has 2 aliphatic carbocycles. The summed E-state index contributed by atoms with van der Waals surface area (Å²) in [6.07, 6.45) is 19.2. The highest BCUT2D eigenvalue weighted by atomic mass is 16.4. The number of hydrogen-bond donors (Lipinski definition) is 0. The number of amides is 1. The number of nitrogens with zero attached hydrogens (tertiary/aromatic N) is 2. The van der Waals surface area contributed by atoms with Gasteiger partial charge in [-0.05, 0) is 74.3 Å². The van der Waals surface area contributed by atoms with E-state index in [1.807, 2.05) is 11.0 Å². The summed E-state index contributed by atoms with van der Waals surface area (Å²) in [5.41, 5.74) is 6.06. The first-order valence-corrected chi connectivity index (χ1v) is 15.1. The SMILES string of the molecule is Cc1ccc(C2(CCN3CC=CC3=O)CCCC2)cc1.Cc1ccc(C2(CCn3ccoc3=O)CCCC2)cc1. The van der Waals surface area contributed by atoms with Crippen molar-refractivity contribution in [3.63, 3.8) is 0 Å². The van der Waals surface area contributed by atoms with E-state index in [1.54, 1.807) is 16.8 Å². The van der Waals surface area contributed by atoms with Crippen molar-refractivity contribution in [2.45, 2.75) is 95.4 Å². The zero-order valence-corrected chi connectivity index (χ0v) is 24.2. The van der Waals surface area contributed by atoms with Crippen LogP contribution in [0, 0.1) is 13.8 Å². The van der Waals surface area contributed by atoms with Gasteiger partial charge in [0.15, 0.2) is 0 Å². The molecule has 6 rings (SSSR count). The topological polar surface area (TPSA) is 55.5 Å². The van der Waals surface area contributed by atoms with Gasteiger partial charge >= 0.3 is 5.76 Å². The maximum Gasteiger partial charge on any atom is 0.418 e. The van der Waals surface area contributed by atoms with Gasteiger partial charge in [-0.25, -0.2) is 4.79 Å². The van der Waals surface area contributed by atoms with Crippen molar-refractivity contribution in [3.05, 3.63) is 106 Å². The van der Waals surface area contributed by atoms with Gasteiger partial charge in [0.25, 0.3) is 0 Å². The Balaban J connectivity index is 0.000000161. The van der Waals surface area contributed by atoms with Crippen molar-refractivity contribution < 1.29 is 9.21 Å². The van der Waals surface area contributed by atoms with Crippen LogP contribution < -0.4 is 5.76 Å². The van der Waals surface area contributed by atoms with Gasteiger partial charge in [-0.2, -0.15) is 0 Å². The van der Waals surface area contributed by atoms with E-state index in [0.717, 1.165) is 32.5 Å². The summed E-state index contributed by atoms with van der Waals surface area (Å²) >= 11 is 0. The second-order valence-electron chi connectivity index (χ2n) is 12.3. The van der Waals surface area contributed by atoms with Gasteiger partial charge in [0.1, 0.15) is 6.26 Å². The van der Waals surface area contributed by atoms with Crippen LogP contribution in [0.4, 0.5) is 0 Å². The van der Waals surface area contributed by atoms with Crippen molar-refractivity contribution in [2.24, 2.45) is 0 Å². The Labute approximate surface area is 238 Å². The summed E-state index contributed by atoms with van der Waals surface area (Å²) in [6, 6.07) is 17.9. The smallest absolute Gasteiger partial charge is 0.416 e. The van der Waals surface area contributed by atoms with Crippen LogP contribution in [0.15, 0.2) is 82.4 Å². The number of hydrogen-bond acceptors (Lipinski definition) is 3. The Hall–Kier alpha value is -3.34. The quantitative estimate of drug-likeness (QED) is 0.302. The van der Waals surface area contributed by atoms with E-state index in [9.17, 15) is 9.59 Å². The van der Waals surface area contributed by atoms with Gasteiger partial charge in [-0.1, -0.05) is 91.4 Å². The van der Waals surface area contributed by atoms with Crippen LogP contribution in [0.25, 0.3) is 0 Å². The summed E-state index contributed by atoms with van der Waals surface area (Å²) < 4.78 is 6.52. The highest BCUT2D eigenvalue weighted by molar-refractivity contribution is 5.89. The van der Waals surface area contributed by atoms with Gasteiger partial charge < -0.3 is 9.32 Å². The standard InChI is InChI=1S/C18H23NO.C17H21NO2/c1-15-6-8-16(9-7-15)18(10-2-3-11-18)12-14-19-13-4-5-17(19)20;1-14-4-6-15(7-5-14)17(8-2-3-9-17)10-11-18-12-13-20-16(18)19/h4-9H,2-3,10-14H2,1H3;4-7,12-13H,2-3,8-11H2,1H3. The molecule has 1 amide bonds. The molecule has 0 N–H and O–H groups in total. The lowest BCUT2D eigenvalue weighted by molar-refractivity contribution is -0.124. The van der Waals surface area contributed by atoms with E-state index in [-0.39, 0.29) is 17.1 Å². The zero-order valence-electron chi connectivity index (χ0n) is 24.2. The zero-order chi connectivity index (χ0) is 28.0. The highest BCUT2D eigenvalue weighted by Crippen LogP contribution is 2.45. The van der Waals surface area contributed by atoms with Crippen LogP contribution in [-0.4, -0.2) is 28.5 Å². The maximum atomic E-state index is 11.7. The van der Waals surface area contributed by atoms with E-state index < -0.39 is 0 Å². The number of aromatic nitrogens is 1. The van der Waals surface area contributed by atoms with E-state index in [4.69, 9.17) is 4.42 Å². The van der Waals surface area contributed by atoms with Gasteiger partial charge in [0.05, 0.1) is 0 Å². The van der Waals surface area contributed by atoms with Crippen LogP contribution >= 0.6 is 0 Å². The molecule has 1 aromatic heterocycles. The van der Waals surface area contributed by atoms with Crippen LogP contribution in [0.2, 0.25) is 0 Å². The average Bonchev–Trinajstić information content (AvgIpc) is 3.77. The Kier molecular flexibility index (Phi) is 8.78. The minimum atomic E-state index is -0.248. The van der Waals surface area contributed by atoms with Crippen molar-refractivity contribution in [3.8, 4) is 0 Å². The molecule has 5 nitrogen and oxygen atoms in total. The number of benzene rings is 2. The molecule has 0 bridgehead atoms. The second-order valence-corrected chi connectivity index (χ2v) is 12.3. The molecule has 0 atom stereocenters. The van der Waals surface area contributed by atoms with Crippen molar-refractivity contribution in [1.29, 1.82) is 0 Å². The first-order chi connectivity index (χ1) is 19.4. The van der Waals surface area contributed by atoms with Crippen LogP contribution in [-0.2, 0) is 22.2 Å².